The number of nitrogens with two attached hydrogens (primary N) is 1. The van der Waals surface area contributed by atoms with Gasteiger partial charge in [-0.1, -0.05) is 45.7 Å². The predicted molar refractivity (Wildman–Crippen MR) is 82.0 cm³/mol. The first kappa shape index (κ1) is 15.5. The third-order valence-electron chi connectivity index (χ3n) is 3.07. The van der Waals surface area contributed by atoms with E-state index in [0.717, 1.165) is 12.8 Å². The zero-order valence-electron chi connectivity index (χ0n) is 12.3. The molecule has 3 N–H and O–H groups in total. The fourth-order valence-electron chi connectivity index (χ4n) is 1.94. The number of nitrogens with one attached hydrogen (secondary N) is 1. The summed E-state index contributed by atoms with van der Waals surface area (Å²) in [5, 5.41) is 2.85. The highest BCUT2D eigenvalue weighted by molar-refractivity contribution is 5.93. The maximum Gasteiger partial charge on any atom is 0.224 e. The van der Waals surface area contributed by atoms with Crippen LogP contribution in [0.2, 0.25) is 0 Å². The number of hydrogen-bond donors (Lipinski definition) is 2. The first-order chi connectivity index (χ1) is 8.88. The number of amides is 1. The molecule has 0 aromatic heterocycles. The van der Waals surface area contributed by atoms with E-state index >= 15 is 0 Å². The summed E-state index contributed by atoms with van der Waals surface area (Å²) in [6.07, 6.45) is 5.01. The molecule has 0 radical (unpaired) electrons. The number of rotatable bonds is 6. The van der Waals surface area contributed by atoms with Crippen LogP contribution in [0.5, 0.6) is 0 Å². The van der Waals surface area contributed by atoms with Crippen molar-refractivity contribution < 1.29 is 4.79 Å². The molecule has 0 saturated carbocycles. The Morgan fingerprint density at radius 2 is 1.84 bits per heavy atom. The molecule has 0 unspecified atom stereocenters. The fraction of sp³-hybridized carbons (Fsp3) is 0.562. The van der Waals surface area contributed by atoms with Gasteiger partial charge < -0.3 is 11.1 Å². The SMILES string of the molecule is CC(C)(C)CCCCCC(=O)Nc1ccccc1N. The summed E-state index contributed by atoms with van der Waals surface area (Å²) in [6.45, 7) is 6.74. The van der Waals surface area contributed by atoms with Gasteiger partial charge in [0.2, 0.25) is 5.91 Å². The van der Waals surface area contributed by atoms with Crippen molar-refractivity contribution in [2.75, 3.05) is 11.1 Å². The van der Waals surface area contributed by atoms with Gasteiger partial charge in [0.05, 0.1) is 11.4 Å². The van der Waals surface area contributed by atoms with Crippen LogP contribution in [0.25, 0.3) is 0 Å². The minimum atomic E-state index is 0.0497. The largest absolute Gasteiger partial charge is 0.397 e. The molecule has 0 fully saturated rings. The van der Waals surface area contributed by atoms with Crippen molar-refractivity contribution in [2.24, 2.45) is 5.41 Å². The molecule has 1 aromatic rings. The average molecular weight is 262 g/mol. The molecule has 0 bridgehead atoms. The van der Waals surface area contributed by atoms with Crippen LogP contribution < -0.4 is 11.1 Å². The lowest BCUT2D eigenvalue weighted by atomic mass is 9.89. The summed E-state index contributed by atoms with van der Waals surface area (Å²) in [6, 6.07) is 7.35. The van der Waals surface area contributed by atoms with Crippen LogP contribution in [0.15, 0.2) is 24.3 Å². The molecule has 1 amide bonds. The molecule has 0 aliphatic carbocycles. The third kappa shape index (κ3) is 6.85. The van der Waals surface area contributed by atoms with Crippen molar-refractivity contribution in [3.8, 4) is 0 Å². The fourth-order valence-corrected chi connectivity index (χ4v) is 1.94. The van der Waals surface area contributed by atoms with Crippen LogP contribution in [-0.4, -0.2) is 5.91 Å². The van der Waals surface area contributed by atoms with Gasteiger partial charge in [-0.2, -0.15) is 0 Å². The number of unbranched alkanes of at least 4 members (excludes halogenated alkanes) is 2. The summed E-state index contributed by atoms with van der Waals surface area (Å²) in [4.78, 5) is 11.8. The smallest absolute Gasteiger partial charge is 0.224 e. The summed E-state index contributed by atoms with van der Waals surface area (Å²) < 4.78 is 0. The Morgan fingerprint density at radius 3 is 2.47 bits per heavy atom. The zero-order valence-corrected chi connectivity index (χ0v) is 12.3. The average Bonchev–Trinajstić information content (AvgIpc) is 2.30. The van der Waals surface area contributed by atoms with Gasteiger partial charge in [0.1, 0.15) is 0 Å². The van der Waals surface area contributed by atoms with E-state index in [1.165, 1.54) is 12.8 Å². The summed E-state index contributed by atoms with van der Waals surface area (Å²) in [5.74, 6) is 0.0497. The van der Waals surface area contributed by atoms with Gasteiger partial charge in [0.25, 0.3) is 0 Å². The number of hydrogen-bond acceptors (Lipinski definition) is 2. The van der Waals surface area contributed by atoms with E-state index in [1.807, 2.05) is 18.2 Å². The third-order valence-corrected chi connectivity index (χ3v) is 3.07. The Kier molecular flexibility index (Phi) is 5.87. The summed E-state index contributed by atoms with van der Waals surface area (Å²) >= 11 is 0. The monoisotopic (exact) mass is 262 g/mol. The molecule has 0 aliphatic heterocycles. The second-order valence-corrected chi connectivity index (χ2v) is 6.26. The minimum absolute atomic E-state index is 0.0497. The molecule has 3 nitrogen and oxygen atoms in total. The summed E-state index contributed by atoms with van der Waals surface area (Å²) in [5.41, 5.74) is 7.49. The van der Waals surface area contributed by atoms with Gasteiger partial charge in [0, 0.05) is 6.42 Å². The maximum absolute atomic E-state index is 11.8. The van der Waals surface area contributed by atoms with Gasteiger partial charge in [-0.05, 0) is 30.4 Å². The van der Waals surface area contributed by atoms with Crippen molar-refractivity contribution in [1.29, 1.82) is 0 Å². The highest BCUT2D eigenvalue weighted by atomic mass is 16.1. The molecule has 0 heterocycles. The van der Waals surface area contributed by atoms with E-state index in [9.17, 15) is 4.79 Å². The van der Waals surface area contributed by atoms with Crippen molar-refractivity contribution in [3.05, 3.63) is 24.3 Å². The Labute approximate surface area is 116 Å². The molecule has 19 heavy (non-hydrogen) atoms. The normalized spacial score (nSPS) is 11.3. The van der Waals surface area contributed by atoms with Crippen molar-refractivity contribution >= 4 is 17.3 Å². The van der Waals surface area contributed by atoms with Crippen molar-refractivity contribution in [2.45, 2.75) is 52.9 Å². The highest BCUT2D eigenvalue weighted by Gasteiger charge is 2.09. The first-order valence-electron chi connectivity index (χ1n) is 7.03. The van der Waals surface area contributed by atoms with Crippen LogP contribution in [0.4, 0.5) is 11.4 Å². The molecule has 3 heteroatoms. The minimum Gasteiger partial charge on any atom is -0.397 e. The van der Waals surface area contributed by atoms with Crippen molar-refractivity contribution in [3.63, 3.8) is 0 Å². The maximum atomic E-state index is 11.8. The lowest BCUT2D eigenvalue weighted by Crippen LogP contribution is -2.12. The number of benzene rings is 1. The van der Waals surface area contributed by atoms with Gasteiger partial charge in [-0.15, -0.1) is 0 Å². The molecule has 0 atom stereocenters. The van der Waals surface area contributed by atoms with Crippen molar-refractivity contribution in [1.82, 2.24) is 0 Å². The van der Waals surface area contributed by atoms with Gasteiger partial charge in [-0.3, -0.25) is 4.79 Å². The zero-order chi connectivity index (χ0) is 14.3. The Morgan fingerprint density at radius 1 is 1.16 bits per heavy atom. The number of nitrogen functional groups attached to an aromatic ring is 1. The molecule has 106 valence electrons. The number of carbonyl (C=O) groups excluding carboxylic acids is 1. The lowest BCUT2D eigenvalue weighted by Gasteiger charge is -2.17. The van der Waals surface area contributed by atoms with Crippen LogP contribution in [0.1, 0.15) is 52.9 Å². The van der Waals surface area contributed by atoms with E-state index < -0.39 is 0 Å². The molecule has 1 rings (SSSR count). The van der Waals surface area contributed by atoms with E-state index in [2.05, 4.69) is 26.1 Å². The van der Waals surface area contributed by atoms with Gasteiger partial charge in [-0.25, -0.2) is 0 Å². The molecule has 0 spiro atoms. The lowest BCUT2D eigenvalue weighted by molar-refractivity contribution is -0.116. The number of anilines is 2. The Balaban J connectivity index is 2.20. The highest BCUT2D eigenvalue weighted by Crippen LogP contribution is 2.22. The Bertz CT molecular complexity index is 407. The van der Waals surface area contributed by atoms with E-state index in [0.29, 0.717) is 23.2 Å². The predicted octanol–water partition coefficient (Wildman–Crippen LogP) is 4.20. The second-order valence-electron chi connectivity index (χ2n) is 6.26. The van der Waals surface area contributed by atoms with Crippen LogP contribution >= 0.6 is 0 Å². The van der Waals surface area contributed by atoms with E-state index in [-0.39, 0.29) is 5.91 Å². The second kappa shape index (κ2) is 7.17. The quantitative estimate of drug-likeness (QED) is 0.596. The number of para-hydroxylation sites is 2. The molecule has 1 aromatic carbocycles. The van der Waals surface area contributed by atoms with Gasteiger partial charge in [0.15, 0.2) is 0 Å². The first-order valence-corrected chi connectivity index (χ1v) is 7.03. The molecular weight excluding hydrogens is 236 g/mol. The topological polar surface area (TPSA) is 55.1 Å². The molecule has 0 aliphatic rings. The van der Waals surface area contributed by atoms with Gasteiger partial charge >= 0.3 is 0 Å². The Hall–Kier alpha value is -1.51. The molecular formula is C16H26N2O. The van der Waals surface area contributed by atoms with Crippen LogP contribution in [0.3, 0.4) is 0 Å². The van der Waals surface area contributed by atoms with Crippen LogP contribution in [-0.2, 0) is 4.79 Å². The van der Waals surface area contributed by atoms with Crippen LogP contribution in [0, 0.1) is 5.41 Å². The number of carbonyl (C=O) groups is 1. The van der Waals surface area contributed by atoms with E-state index in [4.69, 9.17) is 5.73 Å². The standard InChI is InChI=1S/C16H26N2O/c1-16(2,3)12-8-4-5-11-15(19)18-14-10-7-6-9-13(14)17/h6-7,9-10H,4-5,8,11-12,17H2,1-3H3,(H,18,19). The summed E-state index contributed by atoms with van der Waals surface area (Å²) in [7, 11) is 0. The van der Waals surface area contributed by atoms with E-state index in [1.54, 1.807) is 6.07 Å². The molecule has 0 saturated heterocycles.